The minimum Gasteiger partial charge on any atom is -0.493 e. The summed E-state index contributed by atoms with van der Waals surface area (Å²) in [5, 5.41) is 2.86. The fourth-order valence-corrected chi connectivity index (χ4v) is 2.90. The first-order chi connectivity index (χ1) is 12.1. The van der Waals surface area contributed by atoms with Crippen molar-refractivity contribution in [2.24, 2.45) is 5.92 Å². The second kappa shape index (κ2) is 9.27. The molecular weight excluding hydrogens is 324 g/mol. The van der Waals surface area contributed by atoms with Crippen LogP contribution in [0.15, 0.2) is 18.2 Å². The van der Waals surface area contributed by atoms with Gasteiger partial charge < -0.3 is 19.5 Å². The molecule has 1 saturated heterocycles. The van der Waals surface area contributed by atoms with Crippen LogP contribution in [0.4, 0.5) is 5.69 Å². The highest BCUT2D eigenvalue weighted by Gasteiger charge is 2.26. The van der Waals surface area contributed by atoms with Gasteiger partial charge in [0.15, 0.2) is 11.5 Å². The molecule has 2 rings (SSSR count). The third kappa shape index (κ3) is 5.35. The lowest BCUT2D eigenvalue weighted by molar-refractivity contribution is -0.149. The van der Waals surface area contributed by atoms with Gasteiger partial charge in [-0.15, -0.1) is 0 Å². The van der Waals surface area contributed by atoms with E-state index in [1.807, 2.05) is 11.8 Å². The third-order valence-electron chi connectivity index (χ3n) is 4.24. The van der Waals surface area contributed by atoms with E-state index in [4.69, 9.17) is 14.2 Å². The average Bonchev–Trinajstić information content (AvgIpc) is 2.62. The molecular formula is C18H26N2O5. The number of esters is 1. The number of piperidine rings is 1. The molecule has 25 heavy (non-hydrogen) atoms. The van der Waals surface area contributed by atoms with Gasteiger partial charge in [0, 0.05) is 11.8 Å². The number of carbonyl (C=O) groups is 2. The zero-order valence-electron chi connectivity index (χ0n) is 15.0. The minimum atomic E-state index is -0.128. The van der Waals surface area contributed by atoms with Crippen molar-refractivity contribution in [1.29, 1.82) is 0 Å². The summed E-state index contributed by atoms with van der Waals surface area (Å²) < 4.78 is 15.5. The topological polar surface area (TPSA) is 77.1 Å². The Morgan fingerprint density at radius 2 is 1.84 bits per heavy atom. The molecule has 0 saturated carbocycles. The molecule has 0 radical (unpaired) electrons. The van der Waals surface area contributed by atoms with Crippen molar-refractivity contribution < 1.29 is 23.8 Å². The molecule has 1 aromatic carbocycles. The lowest BCUT2D eigenvalue weighted by Crippen LogP contribution is -2.41. The summed E-state index contributed by atoms with van der Waals surface area (Å²) >= 11 is 0. The van der Waals surface area contributed by atoms with E-state index in [1.165, 1.54) is 0 Å². The molecule has 138 valence electrons. The summed E-state index contributed by atoms with van der Waals surface area (Å²) in [6, 6.07) is 5.25. The Morgan fingerprint density at radius 1 is 1.16 bits per heavy atom. The van der Waals surface area contributed by atoms with Gasteiger partial charge in [-0.3, -0.25) is 14.5 Å². The summed E-state index contributed by atoms with van der Waals surface area (Å²) in [6.45, 7) is 3.94. The van der Waals surface area contributed by atoms with Crippen molar-refractivity contribution >= 4 is 17.6 Å². The Hall–Kier alpha value is -2.28. The largest absolute Gasteiger partial charge is 0.493 e. The maximum atomic E-state index is 12.2. The first-order valence-corrected chi connectivity index (χ1v) is 8.48. The van der Waals surface area contributed by atoms with Crippen LogP contribution in [0.2, 0.25) is 0 Å². The first kappa shape index (κ1) is 19.1. The standard InChI is InChI=1S/C18H26N2O5/c1-4-25-18(22)13-7-9-20(10-8-13)12-17(21)19-14-5-6-15(23-2)16(11-14)24-3/h5-6,11,13H,4,7-10,12H2,1-3H3,(H,19,21). The van der Waals surface area contributed by atoms with Gasteiger partial charge in [-0.05, 0) is 45.0 Å². The Labute approximate surface area is 148 Å². The van der Waals surface area contributed by atoms with Crippen LogP contribution < -0.4 is 14.8 Å². The minimum absolute atomic E-state index is 0.0508. The van der Waals surface area contributed by atoms with Gasteiger partial charge in [0.05, 0.1) is 33.3 Å². The molecule has 0 atom stereocenters. The second-order valence-corrected chi connectivity index (χ2v) is 5.92. The van der Waals surface area contributed by atoms with E-state index in [1.54, 1.807) is 32.4 Å². The highest BCUT2D eigenvalue weighted by molar-refractivity contribution is 5.92. The third-order valence-corrected chi connectivity index (χ3v) is 4.24. The number of hydrogen-bond acceptors (Lipinski definition) is 6. The number of ether oxygens (including phenoxy) is 3. The number of nitrogens with zero attached hydrogens (tertiary/aromatic N) is 1. The molecule has 1 heterocycles. The van der Waals surface area contributed by atoms with Crippen molar-refractivity contribution in [3.8, 4) is 11.5 Å². The van der Waals surface area contributed by atoms with Crippen LogP contribution in [0.3, 0.4) is 0 Å². The Bertz CT molecular complexity index is 597. The van der Waals surface area contributed by atoms with Crippen LogP contribution in [0.5, 0.6) is 11.5 Å². The van der Waals surface area contributed by atoms with Crippen LogP contribution >= 0.6 is 0 Å². The molecule has 0 spiro atoms. The summed E-state index contributed by atoms with van der Waals surface area (Å²) in [5.74, 6) is 0.904. The normalized spacial score (nSPS) is 15.5. The van der Waals surface area contributed by atoms with Gasteiger partial charge in [-0.25, -0.2) is 0 Å². The van der Waals surface area contributed by atoms with Crippen LogP contribution in [0.1, 0.15) is 19.8 Å². The monoisotopic (exact) mass is 350 g/mol. The summed E-state index contributed by atoms with van der Waals surface area (Å²) in [7, 11) is 3.12. The number of hydrogen-bond donors (Lipinski definition) is 1. The highest BCUT2D eigenvalue weighted by Crippen LogP contribution is 2.29. The van der Waals surface area contributed by atoms with Crippen LogP contribution in [0.25, 0.3) is 0 Å². The van der Waals surface area contributed by atoms with Crippen molar-refractivity contribution in [2.75, 3.05) is 45.8 Å². The highest BCUT2D eigenvalue weighted by atomic mass is 16.5. The van der Waals surface area contributed by atoms with E-state index in [-0.39, 0.29) is 17.8 Å². The number of rotatable bonds is 7. The predicted molar refractivity (Wildman–Crippen MR) is 94.0 cm³/mol. The van der Waals surface area contributed by atoms with Gasteiger partial charge in [-0.1, -0.05) is 0 Å². The summed E-state index contributed by atoms with van der Waals surface area (Å²) in [4.78, 5) is 26.0. The number of amides is 1. The zero-order valence-corrected chi connectivity index (χ0v) is 15.0. The van der Waals surface area contributed by atoms with Gasteiger partial charge in [0.1, 0.15) is 0 Å². The smallest absolute Gasteiger partial charge is 0.309 e. The van der Waals surface area contributed by atoms with Crippen molar-refractivity contribution in [2.45, 2.75) is 19.8 Å². The molecule has 0 aromatic heterocycles. The number of benzene rings is 1. The van der Waals surface area contributed by atoms with Crippen LogP contribution in [-0.2, 0) is 14.3 Å². The van der Waals surface area contributed by atoms with Gasteiger partial charge >= 0.3 is 5.97 Å². The average molecular weight is 350 g/mol. The molecule has 0 aliphatic carbocycles. The molecule has 1 amide bonds. The van der Waals surface area contributed by atoms with Crippen LogP contribution in [0, 0.1) is 5.92 Å². The summed E-state index contributed by atoms with van der Waals surface area (Å²) in [6.07, 6.45) is 1.45. The second-order valence-electron chi connectivity index (χ2n) is 5.92. The fraction of sp³-hybridized carbons (Fsp3) is 0.556. The maximum Gasteiger partial charge on any atom is 0.309 e. The molecule has 0 unspecified atom stereocenters. The SMILES string of the molecule is CCOC(=O)C1CCN(CC(=O)Nc2ccc(OC)c(OC)c2)CC1. The Kier molecular flexibility index (Phi) is 7.06. The number of likely N-dealkylation sites (tertiary alicyclic amines) is 1. The number of methoxy groups -OCH3 is 2. The lowest BCUT2D eigenvalue weighted by Gasteiger charge is -2.30. The molecule has 7 nitrogen and oxygen atoms in total. The fourth-order valence-electron chi connectivity index (χ4n) is 2.90. The number of carbonyl (C=O) groups excluding carboxylic acids is 2. The predicted octanol–water partition coefficient (Wildman–Crippen LogP) is 1.92. The lowest BCUT2D eigenvalue weighted by atomic mass is 9.97. The molecule has 1 aliphatic heterocycles. The molecule has 1 aromatic rings. The van der Waals surface area contributed by atoms with E-state index in [9.17, 15) is 9.59 Å². The van der Waals surface area contributed by atoms with Crippen LogP contribution in [-0.4, -0.2) is 57.2 Å². The van der Waals surface area contributed by atoms with E-state index >= 15 is 0 Å². The van der Waals surface area contributed by atoms with E-state index in [0.29, 0.717) is 43.4 Å². The van der Waals surface area contributed by atoms with Gasteiger partial charge in [-0.2, -0.15) is 0 Å². The Morgan fingerprint density at radius 3 is 2.44 bits per heavy atom. The van der Waals surface area contributed by atoms with E-state index < -0.39 is 0 Å². The quantitative estimate of drug-likeness (QED) is 0.757. The molecule has 0 bridgehead atoms. The molecule has 1 N–H and O–H groups in total. The van der Waals surface area contributed by atoms with Crippen molar-refractivity contribution in [1.82, 2.24) is 4.90 Å². The zero-order chi connectivity index (χ0) is 18.2. The van der Waals surface area contributed by atoms with E-state index in [2.05, 4.69) is 5.32 Å². The summed E-state index contributed by atoms with van der Waals surface area (Å²) in [5.41, 5.74) is 0.657. The van der Waals surface area contributed by atoms with E-state index in [0.717, 1.165) is 12.8 Å². The number of nitrogens with one attached hydrogen (secondary N) is 1. The molecule has 7 heteroatoms. The first-order valence-electron chi connectivity index (χ1n) is 8.48. The van der Waals surface area contributed by atoms with Gasteiger partial charge in [0.2, 0.25) is 5.91 Å². The van der Waals surface area contributed by atoms with Crippen molar-refractivity contribution in [3.05, 3.63) is 18.2 Å². The van der Waals surface area contributed by atoms with Gasteiger partial charge in [0.25, 0.3) is 0 Å². The molecule has 1 fully saturated rings. The molecule has 1 aliphatic rings. The van der Waals surface area contributed by atoms with Crippen molar-refractivity contribution in [3.63, 3.8) is 0 Å². The Balaban J connectivity index is 1.82. The number of anilines is 1. The maximum absolute atomic E-state index is 12.2.